The van der Waals surface area contributed by atoms with E-state index in [2.05, 4.69) is 16.7 Å². The highest BCUT2D eigenvalue weighted by Crippen LogP contribution is 2.39. The maximum Gasteiger partial charge on any atom is 0.240 e. The van der Waals surface area contributed by atoms with Crippen LogP contribution >= 0.6 is 0 Å². The van der Waals surface area contributed by atoms with Crippen molar-refractivity contribution in [1.29, 1.82) is 5.26 Å². The molecule has 0 heterocycles. The van der Waals surface area contributed by atoms with Crippen molar-refractivity contribution in [2.75, 3.05) is 11.9 Å². The second kappa shape index (κ2) is 7.40. The van der Waals surface area contributed by atoms with Crippen molar-refractivity contribution in [2.24, 2.45) is 5.92 Å². The second-order valence-electron chi connectivity index (χ2n) is 6.77. The number of amides is 1. The molecular weight excluding hydrogens is 326 g/mol. The first-order valence-corrected chi connectivity index (χ1v) is 8.68. The van der Waals surface area contributed by atoms with Gasteiger partial charge >= 0.3 is 0 Å². The van der Waals surface area contributed by atoms with Crippen LogP contribution in [0.5, 0.6) is 0 Å². The number of carbonyl (C=O) groups is 2. The number of nitrogens with one attached hydrogen (secondary N) is 2. The van der Waals surface area contributed by atoms with Gasteiger partial charge in [-0.1, -0.05) is 42.5 Å². The van der Waals surface area contributed by atoms with Gasteiger partial charge in [-0.3, -0.25) is 9.59 Å². The Morgan fingerprint density at radius 1 is 1.12 bits per heavy atom. The Kier molecular flexibility index (Phi) is 5.04. The van der Waals surface area contributed by atoms with Crippen LogP contribution in [0.25, 0.3) is 0 Å². The zero-order valence-corrected chi connectivity index (χ0v) is 14.7. The van der Waals surface area contributed by atoms with E-state index in [-0.39, 0.29) is 24.2 Å². The average Bonchev–Trinajstić information content (AvgIpc) is 3.52. The first-order valence-electron chi connectivity index (χ1n) is 8.68. The smallest absolute Gasteiger partial charge is 0.240 e. The Hall–Kier alpha value is -3.13. The van der Waals surface area contributed by atoms with Gasteiger partial charge in [0.1, 0.15) is 5.54 Å². The van der Waals surface area contributed by atoms with Crippen LogP contribution in [0.1, 0.15) is 35.7 Å². The number of nitriles is 1. The molecule has 2 aromatic rings. The third-order valence-electron chi connectivity index (χ3n) is 4.64. The van der Waals surface area contributed by atoms with E-state index in [1.54, 1.807) is 43.3 Å². The van der Waals surface area contributed by atoms with Gasteiger partial charge < -0.3 is 10.6 Å². The van der Waals surface area contributed by atoms with E-state index in [4.69, 9.17) is 0 Å². The Morgan fingerprint density at radius 3 is 2.46 bits per heavy atom. The van der Waals surface area contributed by atoms with Gasteiger partial charge in [0.15, 0.2) is 5.78 Å². The first kappa shape index (κ1) is 17.7. The van der Waals surface area contributed by atoms with E-state index in [0.717, 1.165) is 12.8 Å². The van der Waals surface area contributed by atoms with E-state index in [9.17, 15) is 14.9 Å². The lowest BCUT2D eigenvalue weighted by molar-refractivity contribution is -0.120. The largest absolute Gasteiger partial charge is 0.376 e. The predicted molar refractivity (Wildman–Crippen MR) is 99.7 cm³/mol. The minimum atomic E-state index is -0.802. The molecule has 5 nitrogen and oxygen atoms in total. The molecule has 1 amide bonds. The fraction of sp³-hybridized carbons (Fsp3) is 0.286. The molecule has 2 N–H and O–H groups in total. The third kappa shape index (κ3) is 4.09. The third-order valence-corrected chi connectivity index (χ3v) is 4.64. The van der Waals surface area contributed by atoms with Gasteiger partial charge in [-0.05, 0) is 37.8 Å². The molecule has 26 heavy (non-hydrogen) atoms. The minimum absolute atomic E-state index is 0.0486. The van der Waals surface area contributed by atoms with Crippen molar-refractivity contribution < 1.29 is 9.59 Å². The number of ketones is 1. The number of anilines is 1. The molecule has 0 radical (unpaired) electrons. The summed E-state index contributed by atoms with van der Waals surface area (Å²) in [5, 5.41) is 15.1. The molecule has 5 heteroatoms. The highest BCUT2D eigenvalue weighted by atomic mass is 16.2. The van der Waals surface area contributed by atoms with E-state index >= 15 is 0 Å². The van der Waals surface area contributed by atoms with Crippen molar-refractivity contribution in [1.82, 2.24) is 5.32 Å². The SMILES string of the molecule is C[C@@](C#N)(NC(=O)CNc1cccc(C(=O)c2ccccc2)c1)C1CC1. The Balaban J connectivity index is 1.61. The molecule has 1 aliphatic carbocycles. The number of carbonyl (C=O) groups excluding carboxylic acids is 2. The van der Waals surface area contributed by atoms with Crippen molar-refractivity contribution in [3.05, 3.63) is 65.7 Å². The Bertz CT molecular complexity index is 853. The summed E-state index contributed by atoms with van der Waals surface area (Å²) in [5.74, 6) is -0.0616. The van der Waals surface area contributed by atoms with Crippen molar-refractivity contribution in [3.63, 3.8) is 0 Å². The van der Waals surface area contributed by atoms with Crippen LogP contribution in [0.4, 0.5) is 5.69 Å². The number of hydrogen-bond acceptors (Lipinski definition) is 4. The van der Waals surface area contributed by atoms with Crippen LogP contribution < -0.4 is 10.6 Å². The van der Waals surface area contributed by atoms with Crippen molar-refractivity contribution >= 4 is 17.4 Å². The first-order chi connectivity index (χ1) is 12.5. The maximum atomic E-state index is 12.5. The zero-order chi connectivity index (χ0) is 18.6. The van der Waals surface area contributed by atoms with Crippen LogP contribution in [0.2, 0.25) is 0 Å². The minimum Gasteiger partial charge on any atom is -0.376 e. The zero-order valence-electron chi connectivity index (χ0n) is 14.7. The van der Waals surface area contributed by atoms with Crippen LogP contribution in [0, 0.1) is 17.2 Å². The molecule has 0 spiro atoms. The molecule has 0 aromatic heterocycles. The van der Waals surface area contributed by atoms with Gasteiger partial charge in [-0.15, -0.1) is 0 Å². The fourth-order valence-electron chi connectivity index (χ4n) is 2.92. The van der Waals surface area contributed by atoms with Gasteiger partial charge in [0.25, 0.3) is 0 Å². The summed E-state index contributed by atoms with van der Waals surface area (Å²) >= 11 is 0. The summed E-state index contributed by atoms with van der Waals surface area (Å²) in [6.45, 7) is 1.81. The lowest BCUT2D eigenvalue weighted by Gasteiger charge is -2.23. The van der Waals surface area contributed by atoms with E-state index < -0.39 is 5.54 Å². The van der Waals surface area contributed by atoms with Gasteiger partial charge in [0.05, 0.1) is 12.6 Å². The number of nitrogens with zero attached hydrogens (tertiary/aromatic N) is 1. The van der Waals surface area contributed by atoms with Crippen molar-refractivity contribution in [2.45, 2.75) is 25.3 Å². The van der Waals surface area contributed by atoms with Gasteiger partial charge in [-0.25, -0.2) is 0 Å². The molecule has 1 fully saturated rings. The maximum absolute atomic E-state index is 12.5. The van der Waals surface area contributed by atoms with Crippen LogP contribution in [0.3, 0.4) is 0 Å². The monoisotopic (exact) mass is 347 g/mol. The van der Waals surface area contributed by atoms with Crippen LogP contribution in [-0.4, -0.2) is 23.8 Å². The van der Waals surface area contributed by atoms with Crippen molar-refractivity contribution in [3.8, 4) is 6.07 Å². The van der Waals surface area contributed by atoms with Crippen LogP contribution in [-0.2, 0) is 4.79 Å². The Morgan fingerprint density at radius 2 is 1.81 bits per heavy atom. The lowest BCUT2D eigenvalue weighted by Crippen LogP contribution is -2.48. The number of rotatable bonds is 7. The van der Waals surface area contributed by atoms with E-state index in [0.29, 0.717) is 16.8 Å². The molecule has 0 aliphatic heterocycles. The summed E-state index contributed by atoms with van der Waals surface area (Å²) in [6.07, 6.45) is 1.95. The van der Waals surface area contributed by atoms with Crippen LogP contribution in [0.15, 0.2) is 54.6 Å². The molecule has 1 saturated carbocycles. The molecule has 0 saturated heterocycles. The summed E-state index contributed by atoms with van der Waals surface area (Å²) < 4.78 is 0. The topological polar surface area (TPSA) is 82.0 Å². The number of benzene rings is 2. The summed E-state index contributed by atoms with van der Waals surface area (Å²) in [4.78, 5) is 24.7. The fourth-order valence-corrected chi connectivity index (χ4v) is 2.92. The molecule has 1 atom stereocenters. The highest BCUT2D eigenvalue weighted by molar-refractivity contribution is 6.09. The molecule has 0 bridgehead atoms. The quantitative estimate of drug-likeness (QED) is 0.754. The second-order valence-corrected chi connectivity index (χ2v) is 6.77. The lowest BCUT2D eigenvalue weighted by atomic mass is 9.98. The highest BCUT2D eigenvalue weighted by Gasteiger charge is 2.42. The average molecular weight is 347 g/mol. The molecule has 132 valence electrons. The van der Waals surface area contributed by atoms with E-state index in [1.165, 1.54) is 0 Å². The van der Waals surface area contributed by atoms with Gasteiger partial charge in [0, 0.05) is 16.8 Å². The molecule has 3 rings (SSSR count). The van der Waals surface area contributed by atoms with Gasteiger partial charge in [-0.2, -0.15) is 5.26 Å². The normalized spacial score (nSPS) is 15.4. The molecule has 2 aromatic carbocycles. The summed E-state index contributed by atoms with van der Waals surface area (Å²) in [7, 11) is 0. The standard InChI is InChI=1S/C21H21N3O2/c1-21(14-22,17-10-11-17)24-19(25)13-23-18-9-5-8-16(12-18)20(26)15-6-3-2-4-7-15/h2-9,12,17,23H,10-11,13H2,1H3,(H,24,25)/t21-/m0/s1. The number of hydrogen-bond donors (Lipinski definition) is 2. The van der Waals surface area contributed by atoms with E-state index in [1.807, 2.05) is 18.2 Å². The van der Waals surface area contributed by atoms with Gasteiger partial charge in [0.2, 0.25) is 5.91 Å². The molecule has 1 aliphatic rings. The summed E-state index contributed by atoms with van der Waals surface area (Å²) in [6, 6.07) is 18.3. The predicted octanol–water partition coefficient (Wildman–Crippen LogP) is 3.14. The molecule has 0 unspecified atom stereocenters. The Labute approximate surface area is 153 Å². The summed E-state index contributed by atoms with van der Waals surface area (Å²) in [5.41, 5.74) is 1.06. The molecular formula is C21H21N3O2.